The zero-order valence-electron chi connectivity index (χ0n) is 19.0. The molecular weight excluding hydrogens is 406 g/mol. The molecule has 2 amide bonds. The lowest BCUT2D eigenvalue weighted by Crippen LogP contribution is -2.45. The molecule has 0 saturated carbocycles. The average Bonchev–Trinajstić information content (AvgIpc) is 2.78. The molecule has 0 atom stereocenters. The van der Waals surface area contributed by atoms with Crippen LogP contribution in [0.4, 0.5) is 11.4 Å². The average molecular weight is 438 g/mol. The highest BCUT2D eigenvalue weighted by atomic mass is 16.5. The molecule has 1 fully saturated rings. The molecule has 170 valence electrons. The molecule has 0 aliphatic carbocycles. The molecule has 2 aliphatic heterocycles. The van der Waals surface area contributed by atoms with Crippen LogP contribution in [0.25, 0.3) is 0 Å². The summed E-state index contributed by atoms with van der Waals surface area (Å²) >= 11 is 0. The fraction of sp³-hybridized carbons (Fsp3) is 0.440. The first-order valence-electron chi connectivity index (χ1n) is 11.1. The van der Waals surface area contributed by atoms with E-state index in [9.17, 15) is 9.59 Å². The zero-order chi connectivity index (χ0) is 22.7. The Bertz CT molecular complexity index is 976. The second-order valence-electron chi connectivity index (χ2n) is 9.25. The maximum Gasteiger partial charge on any atom is 0.265 e. The standard InChI is InChI=1S/C25H31N3O4/c1-25(2,3)19-6-4-18(5-7-19)24(30)26-20-8-9-21-22(16-20)32-17-23(29)28(21)11-10-27-12-14-31-15-13-27/h4-9,16H,10-15,17H2,1-3H3,(H,26,30). The lowest BCUT2D eigenvalue weighted by molar-refractivity contribution is -0.121. The number of nitrogens with one attached hydrogen (secondary N) is 1. The summed E-state index contributed by atoms with van der Waals surface area (Å²) in [6.45, 7) is 11.0. The first-order valence-corrected chi connectivity index (χ1v) is 11.1. The number of fused-ring (bicyclic) bond motifs is 1. The molecule has 0 radical (unpaired) electrons. The lowest BCUT2D eigenvalue weighted by atomic mass is 9.87. The highest BCUT2D eigenvalue weighted by Gasteiger charge is 2.26. The number of carbonyl (C=O) groups excluding carboxylic acids is 2. The van der Waals surface area contributed by atoms with Gasteiger partial charge in [-0.25, -0.2) is 0 Å². The van der Waals surface area contributed by atoms with E-state index in [2.05, 4.69) is 31.0 Å². The molecule has 32 heavy (non-hydrogen) atoms. The van der Waals surface area contributed by atoms with Crippen LogP contribution in [0.15, 0.2) is 42.5 Å². The van der Waals surface area contributed by atoms with Crippen LogP contribution in [0, 0.1) is 0 Å². The molecule has 0 bridgehead atoms. The van der Waals surface area contributed by atoms with Crippen molar-refractivity contribution in [2.75, 3.05) is 56.2 Å². The normalized spacial score (nSPS) is 17.0. The van der Waals surface area contributed by atoms with E-state index < -0.39 is 0 Å². The molecule has 0 aromatic heterocycles. The van der Waals surface area contributed by atoms with Crippen molar-refractivity contribution in [1.82, 2.24) is 4.90 Å². The lowest BCUT2D eigenvalue weighted by Gasteiger charge is -2.33. The zero-order valence-corrected chi connectivity index (χ0v) is 19.0. The topological polar surface area (TPSA) is 71.1 Å². The van der Waals surface area contributed by atoms with E-state index in [-0.39, 0.29) is 23.8 Å². The Hall–Kier alpha value is -2.90. The van der Waals surface area contributed by atoms with Crippen LogP contribution in [0.1, 0.15) is 36.7 Å². The minimum atomic E-state index is -0.179. The largest absolute Gasteiger partial charge is 0.481 e. The van der Waals surface area contributed by atoms with Crippen LogP contribution in [0.2, 0.25) is 0 Å². The second kappa shape index (κ2) is 9.30. The summed E-state index contributed by atoms with van der Waals surface area (Å²) in [4.78, 5) is 29.2. The Kier molecular flexibility index (Phi) is 6.48. The molecule has 0 spiro atoms. The number of hydrogen-bond acceptors (Lipinski definition) is 5. The number of benzene rings is 2. The third-order valence-corrected chi connectivity index (χ3v) is 5.92. The van der Waals surface area contributed by atoms with E-state index >= 15 is 0 Å². The van der Waals surface area contributed by atoms with Crippen molar-refractivity contribution in [1.29, 1.82) is 0 Å². The number of amides is 2. The van der Waals surface area contributed by atoms with Gasteiger partial charge in [-0.1, -0.05) is 32.9 Å². The van der Waals surface area contributed by atoms with Crippen molar-refractivity contribution in [3.8, 4) is 5.75 Å². The van der Waals surface area contributed by atoms with Gasteiger partial charge in [0.1, 0.15) is 5.75 Å². The molecular formula is C25H31N3O4. The van der Waals surface area contributed by atoms with Crippen molar-refractivity contribution in [3.63, 3.8) is 0 Å². The molecule has 2 aliphatic rings. The van der Waals surface area contributed by atoms with Crippen LogP contribution in [0.3, 0.4) is 0 Å². The van der Waals surface area contributed by atoms with Gasteiger partial charge in [0.2, 0.25) is 0 Å². The Balaban J connectivity index is 1.43. The minimum absolute atomic E-state index is 0.00176. The van der Waals surface area contributed by atoms with Gasteiger partial charge in [0.25, 0.3) is 11.8 Å². The van der Waals surface area contributed by atoms with E-state index in [1.807, 2.05) is 36.4 Å². The third kappa shape index (κ3) is 5.11. The summed E-state index contributed by atoms with van der Waals surface area (Å²) in [6, 6.07) is 13.1. The van der Waals surface area contributed by atoms with Gasteiger partial charge in [-0.2, -0.15) is 0 Å². The van der Waals surface area contributed by atoms with Gasteiger partial charge in [-0.15, -0.1) is 0 Å². The fourth-order valence-electron chi connectivity index (χ4n) is 3.92. The van der Waals surface area contributed by atoms with Crippen LogP contribution in [-0.4, -0.2) is 62.7 Å². The number of morpholine rings is 1. The van der Waals surface area contributed by atoms with Crippen LogP contribution in [0.5, 0.6) is 5.75 Å². The summed E-state index contributed by atoms with van der Waals surface area (Å²) in [5.41, 5.74) is 3.19. The molecule has 1 saturated heterocycles. The molecule has 1 N–H and O–H groups in total. The maximum atomic E-state index is 12.7. The summed E-state index contributed by atoms with van der Waals surface area (Å²) < 4.78 is 11.1. The number of nitrogens with zero attached hydrogens (tertiary/aromatic N) is 2. The fourth-order valence-corrected chi connectivity index (χ4v) is 3.92. The predicted octanol–water partition coefficient (Wildman–Crippen LogP) is 3.29. The Labute approximate surface area is 189 Å². The molecule has 0 unspecified atom stereocenters. The maximum absolute atomic E-state index is 12.7. The molecule has 7 nitrogen and oxygen atoms in total. The smallest absolute Gasteiger partial charge is 0.265 e. The summed E-state index contributed by atoms with van der Waals surface area (Å²) in [5.74, 6) is 0.371. The van der Waals surface area contributed by atoms with E-state index in [1.54, 1.807) is 11.0 Å². The molecule has 4 rings (SSSR count). The van der Waals surface area contributed by atoms with Gasteiger partial charge >= 0.3 is 0 Å². The van der Waals surface area contributed by atoms with Gasteiger partial charge in [0, 0.05) is 43.5 Å². The van der Waals surface area contributed by atoms with Gasteiger partial charge in [-0.05, 0) is 35.2 Å². The Morgan fingerprint density at radius 1 is 1.03 bits per heavy atom. The number of carbonyl (C=O) groups is 2. The predicted molar refractivity (Wildman–Crippen MR) is 125 cm³/mol. The number of anilines is 2. The van der Waals surface area contributed by atoms with Crippen LogP contribution >= 0.6 is 0 Å². The summed E-state index contributed by atoms with van der Waals surface area (Å²) in [6.07, 6.45) is 0. The summed E-state index contributed by atoms with van der Waals surface area (Å²) in [5, 5.41) is 2.93. The van der Waals surface area contributed by atoms with Gasteiger partial charge < -0.3 is 19.7 Å². The first kappa shape index (κ1) is 22.3. The van der Waals surface area contributed by atoms with E-state index in [4.69, 9.17) is 9.47 Å². The second-order valence-corrected chi connectivity index (χ2v) is 9.25. The molecule has 7 heteroatoms. The van der Waals surface area contributed by atoms with Gasteiger partial charge in [-0.3, -0.25) is 14.5 Å². The monoisotopic (exact) mass is 437 g/mol. The van der Waals surface area contributed by atoms with E-state index in [1.165, 1.54) is 5.56 Å². The number of rotatable bonds is 5. The Morgan fingerprint density at radius 3 is 2.44 bits per heavy atom. The highest BCUT2D eigenvalue weighted by molar-refractivity contribution is 6.05. The van der Waals surface area contributed by atoms with Crippen molar-refractivity contribution in [2.24, 2.45) is 0 Å². The van der Waals surface area contributed by atoms with Crippen molar-refractivity contribution in [3.05, 3.63) is 53.6 Å². The van der Waals surface area contributed by atoms with Crippen molar-refractivity contribution < 1.29 is 19.1 Å². The molecule has 2 heterocycles. The number of hydrogen-bond donors (Lipinski definition) is 1. The van der Waals surface area contributed by atoms with E-state index in [0.29, 0.717) is 23.5 Å². The van der Waals surface area contributed by atoms with Crippen LogP contribution < -0.4 is 15.0 Å². The highest BCUT2D eigenvalue weighted by Crippen LogP contribution is 2.34. The van der Waals surface area contributed by atoms with Gasteiger partial charge in [0.05, 0.1) is 18.9 Å². The Morgan fingerprint density at radius 2 is 1.75 bits per heavy atom. The molecule has 2 aromatic rings. The number of ether oxygens (including phenoxy) is 2. The first-order chi connectivity index (χ1) is 15.3. The SMILES string of the molecule is CC(C)(C)c1ccc(C(=O)Nc2ccc3c(c2)OCC(=O)N3CCN2CCOCC2)cc1. The van der Waals surface area contributed by atoms with Gasteiger partial charge in [0.15, 0.2) is 6.61 Å². The minimum Gasteiger partial charge on any atom is -0.481 e. The summed E-state index contributed by atoms with van der Waals surface area (Å²) in [7, 11) is 0. The van der Waals surface area contributed by atoms with Crippen molar-refractivity contribution >= 4 is 23.2 Å². The third-order valence-electron chi connectivity index (χ3n) is 5.92. The molecule has 2 aromatic carbocycles. The van der Waals surface area contributed by atoms with E-state index in [0.717, 1.165) is 38.5 Å². The quantitative estimate of drug-likeness (QED) is 0.777. The van der Waals surface area contributed by atoms with Crippen LogP contribution in [-0.2, 0) is 14.9 Å². The van der Waals surface area contributed by atoms with Crippen molar-refractivity contribution in [2.45, 2.75) is 26.2 Å².